The molecule has 4 nitrogen and oxygen atoms in total. The van der Waals surface area contributed by atoms with Gasteiger partial charge in [0.25, 0.3) is 0 Å². The summed E-state index contributed by atoms with van der Waals surface area (Å²) in [5.74, 6) is 1.72. The van der Waals surface area contributed by atoms with E-state index in [1.165, 1.54) is 23.5 Å². The second kappa shape index (κ2) is 10.7. The minimum atomic E-state index is -4.36. The van der Waals surface area contributed by atoms with E-state index in [9.17, 15) is 13.2 Å². The average molecular weight is 529 g/mol. The first-order valence-corrected chi connectivity index (χ1v) is 12.9. The number of furan rings is 1. The topological polar surface area (TPSA) is 38.5 Å². The van der Waals surface area contributed by atoms with Gasteiger partial charge in [0.1, 0.15) is 22.1 Å². The maximum absolute atomic E-state index is 13.0. The molecule has 0 aliphatic carbocycles. The van der Waals surface area contributed by atoms with E-state index in [0.717, 1.165) is 45.3 Å². The molecule has 0 aliphatic heterocycles. The maximum atomic E-state index is 13.0. The van der Waals surface area contributed by atoms with Gasteiger partial charge in [0, 0.05) is 23.5 Å². The van der Waals surface area contributed by atoms with E-state index in [0.29, 0.717) is 30.2 Å². The fraction of sp³-hybridized carbons (Fsp3) is 0.345. The third kappa shape index (κ3) is 7.23. The van der Waals surface area contributed by atoms with Crippen LogP contribution in [0.2, 0.25) is 0 Å². The molecule has 0 saturated carbocycles. The van der Waals surface area contributed by atoms with Crippen LogP contribution in [0.25, 0.3) is 10.6 Å². The van der Waals surface area contributed by atoms with E-state index in [1.807, 2.05) is 52.8 Å². The Hall–Kier alpha value is -3.10. The molecular weight excluding hydrogens is 497 g/mol. The molecule has 0 fully saturated rings. The van der Waals surface area contributed by atoms with E-state index in [1.54, 1.807) is 6.26 Å². The van der Waals surface area contributed by atoms with Crippen LogP contribution < -0.4 is 4.74 Å². The van der Waals surface area contributed by atoms with Crippen LogP contribution in [0.3, 0.4) is 0 Å². The number of halogens is 3. The molecule has 8 heteroatoms. The Morgan fingerprint density at radius 2 is 1.68 bits per heavy atom. The first-order valence-electron chi connectivity index (χ1n) is 12.0. The Morgan fingerprint density at radius 3 is 2.27 bits per heavy atom. The lowest BCUT2D eigenvalue weighted by Gasteiger charge is -2.24. The Kier molecular flexibility index (Phi) is 7.80. The predicted octanol–water partition coefficient (Wildman–Crippen LogP) is 8.42. The normalized spacial score (nSPS) is 12.4. The average Bonchev–Trinajstić information content (AvgIpc) is 3.44. The Bertz CT molecular complexity index is 1320. The molecule has 2 aromatic carbocycles. The lowest BCUT2D eigenvalue weighted by molar-refractivity contribution is -0.137. The number of benzene rings is 2. The monoisotopic (exact) mass is 528 g/mol. The van der Waals surface area contributed by atoms with E-state index in [2.05, 4.69) is 22.0 Å². The highest BCUT2D eigenvalue weighted by atomic mass is 32.1. The van der Waals surface area contributed by atoms with Crippen LogP contribution in [0.1, 0.15) is 53.8 Å². The van der Waals surface area contributed by atoms with Crippen molar-refractivity contribution < 1.29 is 22.3 Å². The molecule has 4 rings (SSSR count). The predicted molar refractivity (Wildman–Crippen MR) is 141 cm³/mol. The SMILES string of the molecule is Cc1cc(CN(Cc2ccco2)Cc2sc(-c3ccc(C(F)(F)F)cc3)nc2C)ccc1OC(C)(C)C. The van der Waals surface area contributed by atoms with Gasteiger partial charge in [0.05, 0.1) is 24.1 Å². The molecule has 0 spiro atoms. The van der Waals surface area contributed by atoms with Gasteiger partial charge in [-0.3, -0.25) is 4.90 Å². The molecule has 37 heavy (non-hydrogen) atoms. The van der Waals surface area contributed by atoms with E-state index >= 15 is 0 Å². The van der Waals surface area contributed by atoms with Crippen LogP contribution in [-0.2, 0) is 25.8 Å². The smallest absolute Gasteiger partial charge is 0.416 e. The lowest BCUT2D eigenvalue weighted by atomic mass is 10.1. The van der Waals surface area contributed by atoms with Gasteiger partial charge < -0.3 is 9.15 Å². The van der Waals surface area contributed by atoms with Gasteiger partial charge in [-0.2, -0.15) is 13.2 Å². The molecule has 2 heterocycles. The van der Waals surface area contributed by atoms with E-state index in [-0.39, 0.29) is 5.60 Å². The minimum absolute atomic E-state index is 0.272. The zero-order valence-corrected chi connectivity index (χ0v) is 22.5. The number of rotatable bonds is 8. The molecule has 0 atom stereocenters. The third-order valence-electron chi connectivity index (χ3n) is 5.74. The number of aromatic nitrogens is 1. The molecule has 0 saturated heterocycles. The van der Waals surface area contributed by atoms with Crippen molar-refractivity contribution in [2.45, 2.75) is 66.0 Å². The van der Waals surface area contributed by atoms with Gasteiger partial charge in [-0.15, -0.1) is 11.3 Å². The summed E-state index contributed by atoms with van der Waals surface area (Å²) in [6.07, 6.45) is -2.69. The van der Waals surface area contributed by atoms with Crippen molar-refractivity contribution in [3.05, 3.63) is 93.9 Å². The van der Waals surface area contributed by atoms with E-state index < -0.39 is 11.7 Å². The lowest BCUT2D eigenvalue weighted by Crippen LogP contribution is -2.24. The minimum Gasteiger partial charge on any atom is -0.488 e. The Balaban J connectivity index is 1.55. The summed E-state index contributed by atoms with van der Waals surface area (Å²) in [6.45, 7) is 12.0. The van der Waals surface area contributed by atoms with Crippen LogP contribution in [0.5, 0.6) is 5.75 Å². The van der Waals surface area contributed by atoms with Crippen LogP contribution in [0.15, 0.2) is 65.3 Å². The van der Waals surface area contributed by atoms with Crippen LogP contribution >= 0.6 is 11.3 Å². The largest absolute Gasteiger partial charge is 0.488 e. The number of hydrogen-bond donors (Lipinski definition) is 0. The number of alkyl halides is 3. The molecule has 4 aromatic rings. The molecule has 0 amide bonds. The van der Waals surface area contributed by atoms with Crippen LogP contribution in [0.4, 0.5) is 13.2 Å². The Labute approximate surface area is 219 Å². The first-order chi connectivity index (χ1) is 17.4. The molecule has 0 radical (unpaired) electrons. The summed E-state index contributed by atoms with van der Waals surface area (Å²) in [5.41, 5.74) is 2.83. The number of aryl methyl sites for hydroxylation is 2. The summed E-state index contributed by atoms with van der Waals surface area (Å²) in [4.78, 5) is 7.99. The molecule has 0 unspecified atom stereocenters. The van der Waals surface area contributed by atoms with Crippen molar-refractivity contribution in [3.8, 4) is 16.3 Å². The van der Waals surface area contributed by atoms with Crippen molar-refractivity contribution >= 4 is 11.3 Å². The summed E-state index contributed by atoms with van der Waals surface area (Å²) in [5, 5.41) is 0.707. The van der Waals surface area contributed by atoms with Crippen molar-refractivity contribution in [1.82, 2.24) is 9.88 Å². The zero-order valence-electron chi connectivity index (χ0n) is 21.6. The van der Waals surface area contributed by atoms with Gasteiger partial charge in [-0.1, -0.05) is 24.3 Å². The molecule has 0 aliphatic rings. The summed E-state index contributed by atoms with van der Waals surface area (Å²) in [6, 6.07) is 15.2. The number of ether oxygens (including phenoxy) is 1. The zero-order chi connectivity index (χ0) is 26.8. The standard InChI is InChI=1S/C29H31F3N2O2S/c1-19-15-21(8-13-25(19)36-28(3,4)5)16-34(17-24-7-6-14-35-24)18-26-20(2)33-27(37-26)22-9-11-23(12-10-22)29(30,31)32/h6-15H,16-18H2,1-5H3. The molecule has 0 bridgehead atoms. The molecule has 196 valence electrons. The van der Waals surface area contributed by atoms with Crippen LogP contribution in [-0.4, -0.2) is 15.5 Å². The molecule has 2 aromatic heterocycles. The van der Waals surface area contributed by atoms with Crippen molar-refractivity contribution in [2.24, 2.45) is 0 Å². The van der Waals surface area contributed by atoms with Gasteiger partial charge in [0.15, 0.2) is 0 Å². The van der Waals surface area contributed by atoms with Crippen molar-refractivity contribution in [3.63, 3.8) is 0 Å². The fourth-order valence-electron chi connectivity index (χ4n) is 4.01. The summed E-state index contributed by atoms with van der Waals surface area (Å²) < 4.78 is 50.5. The van der Waals surface area contributed by atoms with Gasteiger partial charge in [0.2, 0.25) is 0 Å². The van der Waals surface area contributed by atoms with Crippen LogP contribution in [0, 0.1) is 13.8 Å². The van der Waals surface area contributed by atoms with Gasteiger partial charge in [-0.25, -0.2) is 4.98 Å². The van der Waals surface area contributed by atoms with Crippen molar-refractivity contribution in [1.29, 1.82) is 0 Å². The summed E-state index contributed by atoms with van der Waals surface area (Å²) in [7, 11) is 0. The quantitative estimate of drug-likeness (QED) is 0.230. The number of nitrogens with zero attached hydrogens (tertiary/aromatic N) is 2. The maximum Gasteiger partial charge on any atom is 0.416 e. The summed E-state index contributed by atoms with van der Waals surface area (Å²) >= 11 is 1.50. The number of hydrogen-bond acceptors (Lipinski definition) is 5. The molecular formula is C29H31F3N2O2S. The first kappa shape index (κ1) is 26.9. The molecule has 0 N–H and O–H groups in total. The van der Waals surface area contributed by atoms with E-state index in [4.69, 9.17) is 9.15 Å². The fourth-order valence-corrected chi connectivity index (χ4v) is 5.12. The van der Waals surface area contributed by atoms with Gasteiger partial charge in [-0.05, 0) is 76.1 Å². The van der Waals surface area contributed by atoms with Gasteiger partial charge >= 0.3 is 6.18 Å². The Morgan fingerprint density at radius 1 is 0.946 bits per heavy atom. The second-order valence-corrected chi connectivity index (χ2v) is 11.2. The second-order valence-electron chi connectivity index (χ2n) is 10.1. The highest BCUT2D eigenvalue weighted by Crippen LogP contribution is 2.34. The highest BCUT2D eigenvalue weighted by Gasteiger charge is 2.30. The van der Waals surface area contributed by atoms with Crippen molar-refractivity contribution in [2.75, 3.05) is 0 Å². The third-order valence-corrected chi connectivity index (χ3v) is 6.93. The number of thiazole rings is 1. The highest BCUT2D eigenvalue weighted by molar-refractivity contribution is 7.15.